The van der Waals surface area contributed by atoms with Gasteiger partial charge in [-0.25, -0.2) is 13.1 Å². The van der Waals surface area contributed by atoms with Crippen LogP contribution in [0.1, 0.15) is 22.5 Å². The van der Waals surface area contributed by atoms with Crippen molar-refractivity contribution in [2.45, 2.75) is 31.6 Å². The van der Waals surface area contributed by atoms with Crippen molar-refractivity contribution in [3.05, 3.63) is 46.8 Å². The van der Waals surface area contributed by atoms with Gasteiger partial charge in [0.25, 0.3) is 0 Å². The molecule has 0 saturated heterocycles. The number of carboxylic acids is 1. The molecule has 2 aromatic rings. The Bertz CT molecular complexity index is 775. The lowest BCUT2D eigenvalue weighted by atomic mass is 10.1. The third-order valence-corrected chi connectivity index (χ3v) is 5.14. The van der Waals surface area contributed by atoms with Gasteiger partial charge in [-0.1, -0.05) is 24.3 Å². The van der Waals surface area contributed by atoms with Gasteiger partial charge in [0.2, 0.25) is 10.0 Å². The van der Waals surface area contributed by atoms with Gasteiger partial charge >= 0.3 is 5.97 Å². The van der Waals surface area contributed by atoms with Gasteiger partial charge in [-0.05, 0) is 31.4 Å². The van der Waals surface area contributed by atoms with Crippen molar-refractivity contribution in [3.63, 3.8) is 0 Å². The Morgan fingerprint density at radius 1 is 1.22 bits per heavy atom. The predicted molar refractivity (Wildman–Crippen MR) is 84.7 cm³/mol. The molecule has 0 fully saturated rings. The van der Waals surface area contributed by atoms with Gasteiger partial charge in [0.05, 0.1) is 17.8 Å². The molecule has 0 aliphatic rings. The maximum atomic E-state index is 12.3. The molecule has 0 aliphatic heterocycles. The fourth-order valence-electron chi connectivity index (χ4n) is 2.34. The van der Waals surface area contributed by atoms with Crippen LogP contribution in [0.25, 0.3) is 0 Å². The van der Waals surface area contributed by atoms with Crippen LogP contribution in [0.2, 0.25) is 0 Å². The van der Waals surface area contributed by atoms with E-state index in [1.54, 1.807) is 38.1 Å². The van der Waals surface area contributed by atoms with Crippen LogP contribution in [0.3, 0.4) is 0 Å². The molecule has 1 aromatic carbocycles. The molecule has 0 amide bonds. The summed E-state index contributed by atoms with van der Waals surface area (Å²) >= 11 is 0. The van der Waals surface area contributed by atoms with Crippen LogP contribution < -0.4 is 4.72 Å². The number of nitrogens with one attached hydrogen (secondary N) is 2. The summed E-state index contributed by atoms with van der Waals surface area (Å²) in [6.45, 7) is 3.56. The molecule has 0 atom stereocenters. The van der Waals surface area contributed by atoms with Gasteiger partial charge in [-0.2, -0.15) is 5.10 Å². The molecule has 0 unspecified atom stereocenters. The average molecular weight is 337 g/mol. The second-order valence-electron chi connectivity index (χ2n) is 5.30. The van der Waals surface area contributed by atoms with Gasteiger partial charge in [-0.3, -0.25) is 9.89 Å². The van der Waals surface area contributed by atoms with Crippen LogP contribution in [0.5, 0.6) is 0 Å². The molecule has 0 bridgehead atoms. The number of aromatic nitrogens is 2. The summed E-state index contributed by atoms with van der Waals surface area (Å²) in [7, 11) is -3.59. The molecule has 0 radical (unpaired) electrons. The molecular formula is C15H19N3O4S. The van der Waals surface area contributed by atoms with E-state index in [4.69, 9.17) is 5.11 Å². The standard InChI is InChI=1S/C15H19N3O4S/c1-10-15(11(2)18-17-10)23(21,22)16-8-7-12-3-5-13(6-4-12)9-14(19)20/h3-6,16H,7-9H2,1-2H3,(H,17,18)(H,19,20). The molecule has 1 heterocycles. The number of benzene rings is 1. The summed E-state index contributed by atoms with van der Waals surface area (Å²) in [6.07, 6.45) is 0.495. The van der Waals surface area contributed by atoms with Gasteiger partial charge < -0.3 is 5.11 Å². The number of sulfonamides is 1. The molecule has 3 N–H and O–H groups in total. The molecule has 124 valence electrons. The summed E-state index contributed by atoms with van der Waals surface area (Å²) in [5, 5.41) is 15.3. The van der Waals surface area contributed by atoms with E-state index in [1.165, 1.54) is 0 Å². The van der Waals surface area contributed by atoms with Gasteiger partial charge in [0.1, 0.15) is 4.90 Å². The molecule has 0 aliphatic carbocycles. The zero-order chi connectivity index (χ0) is 17.0. The summed E-state index contributed by atoms with van der Waals surface area (Å²) < 4.78 is 27.1. The highest BCUT2D eigenvalue weighted by Crippen LogP contribution is 2.16. The minimum absolute atomic E-state index is 0.0219. The van der Waals surface area contributed by atoms with Crippen molar-refractivity contribution in [3.8, 4) is 0 Å². The number of carboxylic acid groups (broad SMARTS) is 1. The van der Waals surface area contributed by atoms with E-state index < -0.39 is 16.0 Å². The van der Waals surface area contributed by atoms with Crippen LogP contribution in [0, 0.1) is 13.8 Å². The van der Waals surface area contributed by atoms with Crippen LogP contribution in [-0.2, 0) is 27.7 Å². The van der Waals surface area contributed by atoms with E-state index in [-0.39, 0.29) is 17.9 Å². The van der Waals surface area contributed by atoms with E-state index in [1.807, 2.05) is 0 Å². The Balaban J connectivity index is 1.95. The van der Waals surface area contributed by atoms with Crippen LogP contribution in [0.15, 0.2) is 29.2 Å². The first-order valence-corrected chi connectivity index (χ1v) is 8.59. The lowest BCUT2D eigenvalue weighted by molar-refractivity contribution is -0.136. The van der Waals surface area contributed by atoms with E-state index in [0.29, 0.717) is 23.4 Å². The number of aromatic amines is 1. The maximum Gasteiger partial charge on any atom is 0.307 e. The lowest BCUT2D eigenvalue weighted by Crippen LogP contribution is -2.26. The van der Waals surface area contributed by atoms with Crippen LogP contribution in [-0.4, -0.2) is 36.2 Å². The predicted octanol–water partition coefficient (Wildman–Crippen LogP) is 1.17. The lowest BCUT2D eigenvalue weighted by Gasteiger charge is -2.07. The van der Waals surface area contributed by atoms with E-state index in [2.05, 4.69) is 14.9 Å². The van der Waals surface area contributed by atoms with Gasteiger partial charge in [0, 0.05) is 6.54 Å². The normalized spacial score (nSPS) is 11.6. The Kier molecular flexibility index (Phi) is 5.17. The van der Waals surface area contributed by atoms with Crippen LogP contribution in [0.4, 0.5) is 0 Å². The molecule has 0 spiro atoms. The number of aryl methyl sites for hydroxylation is 2. The van der Waals surface area contributed by atoms with Crippen molar-refractivity contribution < 1.29 is 18.3 Å². The molecule has 1 aromatic heterocycles. The molecule has 23 heavy (non-hydrogen) atoms. The largest absolute Gasteiger partial charge is 0.481 e. The van der Waals surface area contributed by atoms with E-state index >= 15 is 0 Å². The SMILES string of the molecule is Cc1n[nH]c(C)c1S(=O)(=O)NCCc1ccc(CC(=O)O)cc1. The minimum atomic E-state index is -3.59. The molecule has 0 saturated carbocycles. The summed E-state index contributed by atoms with van der Waals surface area (Å²) in [5.41, 5.74) is 2.59. The first-order valence-electron chi connectivity index (χ1n) is 7.10. The second kappa shape index (κ2) is 6.93. The van der Waals surface area contributed by atoms with Gasteiger partial charge in [0.15, 0.2) is 0 Å². The second-order valence-corrected chi connectivity index (χ2v) is 7.00. The number of nitrogens with zero attached hydrogens (tertiary/aromatic N) is 1. The average Bonchev–Trinajstić information content (AvgIpc) is 2.80. The quantitative estimate of drug-likeness (QED) is 0.702. The van der Waals surface area contributed by atoms with Crippen molar-refractivity contribution in [2.75, 3.05) is 6.54 Å². The first-order chi connectivity index (χ1) is 10.8. The number of rotatable bonds is 7. The Labute approximate surface area is 134 Å². The van der Waals surface area contributed by atoms with Gasteiger partial charge in [-0.15, -0.1) is 0 Å². The summed E-state index contributed by atoms with van der Waals surface area (Å²) in [5.74, 6) is -0.878. The highest BCUT2D eigenvalue weighted by Gasteiger charge is 2.21. The minimum Gasteiger partial charge on any atom is -0.481 e. The Morgan fingerprint density at radius 2 is 1.83 bits per heavy atom. The number of carbonyl (C=O) groups is 1. The van der Waals surface area contributed by atoms with Crippen molar-refractivity contribution in [2.24, 2.45) is 0 Å². The fraction of sp³-hybridized carbons (Fsp3) is 0.333. The van der Waals surface area contributed by atoms with Crippen LogP contribution >= 0.6 is 0 Å². The highest BCUT2D eigenvalue weighted by atomic mass is 32.2. The van der Waals surface area contributed by atoms with Crippen molar-refractivity contribution in [1.82, 2.24) is 14.9 Å². The summed E-state index contributed by atoms with van der Waals surface area (Å²) in [4.78, 5) is 10.8. The topological polar surface area (TPSA) is 112 Å². The Morgan fingerprint density at radius 3 is 2.35 bits per heavy atom. The number of hydrogen-bond acceptors (Lipinski definition) is 4. The monoisotopic (exact) mass is 337 g/mol. The highest BCUT2D eigenvalue weighted by molar-refractivity contribution is 7.89. The van der Waals surface area contributed by atoms with Crippen molar-refractivity contribution >= 4 is 16.0 Å². The summed E-state index contributed by atoms with van der Waals surface area (Å²) in [6, 6.07) is 7.09. The maximum absolute atomic E-state index is 12.3. The van der Waals surface area contributed by atoms with E-state index in [0.717, 1.165) is 5.56 Å². The first kappa shape index (κ1) is 17.2. The molecule has 7 nitrogen and oxygen atoms in total. The zero-order valence-corrected chi connectivity index (χ0v) is 13.8. The third-order valence-electron chi connectivity index (χ3n) is 3.41. The third kappa shape index (κ3) is 4.40. The van der Waals surface area contributed by atoms with E-state index in [9.17, 15) is 13.2 Å². The molecule has 2 rings (SSSR count). The molecular weight excluding hydrogens is 318 g/mol. The zero-order valence-electron chi connectivity index (χ0n) is 13.0. The van der Waals surface area contributed by atoms with Crippen molar-refractivity contribution in [1.29, 1.82) is 0 Å². The number of hydrogen-bond donors (Lipinski definition) is 3. The number of H-pyrrole nitrogens is 1. The smallest absolute Gasteiger partial charge is 0.307 e. The Hall–Kier alpha value is -2.19. The number of aliphatic carboxylic acids is 1. The fourth-order valence-corrected chi connectivity index (χ4v) is 3.74. The molecule has 8 heteroatoms.